The number of furan rings is 2. The molecule has 3 aromatic carbocycles. The summed E-state index contributed by atoms with van der Waals surface area (Å²) in [5.41, 5.74) is 3.54. The first-order valence-electron chi connectivity index (χ1n) is 6.74. The summed E-state index contributed by atoms with van der Waals surface area (Å²) in [7, 11) is 0. The summed E-state index contributed by atoms with van der Waals surface area (Å²) < 4.78 is 12.9. The molecule has 0 fully saturated rings. The van der Waals surface area contributed by atoms with E-state index in [-0.39, 0.29) is 0 Å². The lowest BCUT2D eigenvalue weighted by Gasteiger charge is -1.96. The Morgan fingerprint density at radius 2 is 1.29 bits per heavy atom. The Morgan fingerprint density at radius 3 is 2.05 bits per heavy atom. The zero-order valence-electron chi connectivity index (χ0n) is 10.9. The maximum Gasteiger partial charge on any atom is 0.150 e. The lowest BCUT2D eigenvalue weighted by Crippen LogP contribution is -1.72. The van der Waals surface area contributed by atoms with Gasteiger partial charge < -0.3 is 8.83 Å². The first kappa shape index (κ1) is 11.4. The van der Waals surface area contributed by atoms with Crippen molar-refractivity contribution in [2.24, 2.45) is 0 Å². The highest BCUT2D eigenvalue weighted by molar-refractivity contribution is 9.10. The van der Waals surface area contributed by atoms with Crippen LogP contribution < -0.4 is 0 Å². The molecule has 0 saturated heterocycles. The summed E-state index contributed by atoms with van der Waals surface area (Å²) >= 11 is 3.60. The molecule has 0 radical (unpaired) electrons. The molecule has 0 aliphatic rings. The standard InChI is InChI=1S/C18H9BrO2/c19-12-9-15-16(10-5-1-3-7-13(10)20-15)17-11-6-2-4-8-14(11)21-18(12)17/h1-9H. The summed E-state index contributed by atoms with van der Waals surface area (Å²) in [6.45, 7) is 0. The van der Waals surface area contributed by atoms with Gasteiger partial charge in [-0.2, -0.15) is 0 Å². The molecule has 5 aromatic rings. The Hall–Kier alpha value is -2.26. The highest BCUT2D eigenvalue weighted by Crippen LogP contribution is 2.42. The largest absolute Gasteiger partial charge is 0.456 e. The fourth-order valence-electron chi connectivity index (χ4n) is 3.07. The summed E-state index contributed by atoms with van der Waals surface area (Å²) in [4.78, 5) is 0. The zero-order valence-corrected chi connectivity index (χ0v) is 12.5. The number of benzene rings is 3. The Labute approximate surface area is 128 Å². The van der Waals surface area contributed by atoms with Crippen molar-refractivity contribution in [3.05, 3.63) is 59.1 Å². The molecular weight excluding hydrogens is 328 g/mol. The molecule has 2 nitrogen and oxygen atoms in total. The number of para-hydroxylation sites is 2. The smallest absolute Gasteiger partial charge is 0.150 e. The molecule has 0 N–H and O–H groups in total. The molecule has 0 aliphatic carbocycles. The first-order valence-corrected chi connectivity index (χ1v) is 7.53. The second-order valence-corrected chi connectivity index (χ2v) is 5.99. The van der Waals surface area contributed by atoms with Crippen LogP contribution in [-0.4, -0.2) is 0 Å². The van der Waals surface area contributed by atoms with Crippen LogP contribution in [0.1, 0.15) is 0 Å². The third kappa shape index (κ3) is 1.41. The van der Waals surface area contributed by atoms with Gasteiger partial charge in [-0.15, -0.1) is 0 Å². The van der Waals surface area contributed by atoms with E-state index < -0.39 is 0 Å². The van der Waals surface area contributed by atoms with E-state index in [4.69, 9.17) is 8.83 Å². The molecule has 2 aromatic heterocycles. The molecule has 0 saturated carbocycles. The lowest BCUT2D eigenvalue weighted by atomic mass is 10.1. The van der Waals surface area contributed by atoms with Crippen molar-refractivity contribution >= 4 is 59.8 Å². The average molecular weight is 337 g/mol. The van der Waals surface area contributed by atoms with Gasteiger partial charge in [-0.3, -0.25) is 0 Å². The highest BCUT2D eigenvalue weighted by Gasteiger charge is 2.18. The van der Waals surface area contributed by atoms with Gasteiger partial charge in [0.1, 0.15) is 22.3 Å². The summed E-state index contributed by atoms with van der Waals surface area (Å²) in [6, 6.07) is 18.2. The SMILES string of the molecule is Brc1cc2oc3ccccc3c2c2c1oc1ccccc12. The molecule has 100 valence electrons. The lowest BCUT2D eigenvalue weighted by molar-refractivity contribution is 0.661. The van der Waals surface area contributed by atoms with E-state index in [2.05, 4.69) is 28.1 Å². The van der Waals surface area contributed by atoms with Crippen LogP contribution in [0, 0.1) is 0 Å². The van der Waals surface area contributed by atoms with Crippen molar-refractivity contribution in [2.75, 3.05) is 0 Å². The minimum absolute atomic E-state index is 0.871. The number of fused-ring (bicyclic) bond motifs is 7. The first-order chi connectivity index (χ1) is 10.3. The quantitative estimate of drug-likeness (QED) is 0.334. The van der Waals surface area contributed by atoms with Gasteiger partial charge >= 0.3 is 0 Å². The topological polar surface area (TPSA) is 26.3 Å². The molecule has 0 unspecified atom stereocenters. The van der Waals surface area contributed by atoms with Gasteiger partial charge in [0.05, 0.1) is 4.47 Å². The fourth-order valence-corrected chi connectivity index (χ4v) is 3.55. The normalized spacial score (nSPS) is 12.0. The van der Waals surface area contributed by atoms with Crippen LogP contribution in [0.3, 0.4) is 0 Å². The number of halogens is 1. The number of rotatable bonds is 0. The van der Waals surface area contributed by atoms with Crippen molar-refractivity contribution in [1.82, 2.24) is 0 Å². The fraction of sp³-hybridized carbons (Fsp3) is 0. The van der Waals surface area contributed by atoms with Crippen LogP contribution in [0.2, 0.25) is 0 Å². The van der Waals surface area contributed by atoms with Crippen molar-refractivity contribution in [1.29, 1.82) is 0 Å². The zero-order chi connectivity index (χ0) is 14.0. The van der Waals surface area contributed by atoms with E-state index in [1.54, 1.807) is 0 Å². The Kier molecular flexibility index (Phi) is 2.11. The van der Waals surface area contributed by atoms with Crippen LogP contribution in [0.15, 0.2) is 67.9 Å². The van der Waals surface area contributed by atoms with Gasteiger partial charge in [0.2, 0.25) is 0 Å². The van der Waals surface area contributed by atoms with Gasteiger partial charge in [0, 0.05) is 21.5 Å². The molecule has 3 heteroatoms. The maximum atomic E-state index is 6.02. The van der Waals surface area contributed by atoms with Gasteiger partial charge in [0.15, 0.2) is 0 Å². The Bertz CT molecular complexity index is 1150. The molecular formula is C18H9BrO2. The molecule has 0 amide bonds. The number of hydrogen-bond donors (Lipinski definition) is 0. The van der Waals surface area contributed by atoms with Crippen molar-refractivity contribution in [3.8, 4) is 0 Å². The average Bonchev–Trinajstić information content (AvgIpc) is 3.05. The minimum atomic E-state index is 0.871. The van der Waals surface area contributed by atoms with Gasteiger partial charge in [-0.1, -0.05) is 36.4 Å². The van der Waals surface area contributed by atoms with E-state index in [1.165, 1.54) is 0 Å². The highest BCUT2D eigenvalue weighted by atomic mass is 79.9. The minimum Gasteiger partial charge on any atom is -0.456 e. The van der Waals surface area contributed by atoms with Gasteiger partial charge in [-0.05, 0) is 34.1 Å². The van der Waals surface area contributed by atoms with Crippen LogP contribution in [-0.2, 0) is 0 Å². The van der Waals surface area contributed by atoms with Crippen LogP contribution in [0.25, 0.3) is 43.9 Å². The molecule has 0 spiro atoms. The number of hydrogen-bond acceptors (Lipinski definition) is 2. The predicted molar refractivity (Wildman–Crippen MR) is 88.7 cm³/mol. The monoisotopic (exact) mass is 336 g/mol. The predicted octanol–water partition coefficient (Wildman–Crippen LogP) is 6.25. The maximum absolute atomic E-state index is 6.02. The van der Waals surface area contributed by atoms with E-state index in [9.17, 15) is 0 Å². The second-order valence-electron chi connectivity index (χ2n) is 5.13. The summed E-state index contributed by atoms with van der Waals surface area (Å²) in [6.07, 6.45) is 0. The summed E-state index contributed by atoms with van der Waals surface area (Å²) in [5.74, 6) is 0. The second kappa shape index (κ2) is 3.89. The van der Waals surface area contributed by atoms with E-state index in [0.29, 0.717) is 0 Å². The molecule has 5 rings (SSSR count). The van der Waals surface area contributed by atoms with Crippen LogP contribution in [0.4, 0.5) is 0 Å². The molecule has 2 heterocycles. The molecule has 0 bridgehead atoms. The van der Waals surface area contributed by atoms with Crippen molar-refractivity contribution in [2.45, 2.75) is 0 Å². The van der Waals surface area contributed by atoms with Crippen LogP contribution >= 0.6 is 15.9 Å². The van der Waals surface area contributed by atoms with E-state index >= 15 is 0 Å². The molecule has 21 heavy (non-hydrogen) atoms. The van der Waals surface area contributed by atoms with Crippen LogP contribution in [0.5, 0.6) is 0 Å². The van der Waals surface area contributed by atoms with Gasteiger partial charge in [-0.25, -0.2) is 0 Å². The third-order valence-electron chi connectivity index (χ3n) is 3.94. The van der Waals surface area contributed by atoms with Crippen molar-refractivity contribution < 1.29 is 8.83 Å². The van der Waals surface area contributed by atoms with E-state index in [0.717, 1.165) is 48.3 Å². The molecule has 0 atom stereocenters. The van der Waals surface area contributed by atoms with Crippen molar-refractivity contribution in [3.63, 3.8) is 0 Å². The third-order valence-corrected chi connectivity index (χ3v) is 4.53. The van der Waals surface area contributed by atoms with Gasteiger partial charge in [0.25, 0.3) is 0 Å². The molecule has 0 aliphatic heterocycles. The Morgan fingerprint density at radius 1 is 0.667 bits per heavy atom. The van der Waals surface area contributed by atoms with E-state index in [1.807, 2.05) is 42.5 Å². The Balaban J connectivity index is 2.21. The summed E-state index contributed by atoms with van der Waals surface area (Å²) in [5, 5.41) is 4.47.